The number of amides is 1. The molecule has 10 heteroatoms. The summed E-state index contributed by atoms with van der Waals surface area (Å²) in [4.78, 5) is 30.0. The van der Waals surface area contributed by atoms with Crippen LogP contribution in [0, 0.1) is 6.92 Å². The predicted molar refractivity (Wildman–Crippen MR) is 156 cm³/mol. The number of aryl methyl sites for hydroxylation is 2. The number of fused-ring (bicyclic) bond motifs is 1. The zero-order valence-electron chi connectivity index (χ0n) is 22.2. The van der Waals surface area contributed by atoms with Crippen LogP contribution in [0.3, 0.4) is 0 Å². The fourth-order valence-electron chi connectivity index (χ4n) is 4.96. The van der Waals surface area contributed by atoms with Crippen LogP contribution in [-0.2, 0) is 27.1 Å². The Balaban J connectivity index is 1.20. The van der Waals surface area contributed by atoms with E-state index in [9.17, 15) is 19.2 Å². The van der Waals surface area contributed by atoms with Crippen molar-refractivity contribution in [1.82, 2.24) is 4.98 Å². The molecule has 1 saturated carbocycles. The lowest BCUT2D eigenvalue weighted by Crippen LogP contribution is -2.25. The molecule has 1 heterocycles. The maximum absolute atomic E-state index is 13.6. The minimum atomic E-state index is -1.03. The van der Waals surface area contributed by atoms with Gasteiger partial charge in [-0.05, 0) is 83.5 Å². The Morgan fingerprint density at radius 3 is 2.61 bits per heavy atom. The van der Waals surface area contributed by atoms with Gasteiger partial charge in [0.15, 0.2) is 16.1 Å². The lowest BCUT2D eigenvalue weighted by atomic mass is 10.1. The highest BCUT2D eigenvalue weighted by Gasteiger charge is 2.36. The number of rotatable bonds is 10. The fraction of sp³-hybridized carbons (Fsp3) is 0.258. The van der Waals surface area contributed by atoms with Crippen molar-refractivity contribution in [2.45, 2.75) is 55.0 Å². The summed E-state index contributed by atoms with van der Waals surface area (Å²) in [6.07, 6.45) is 4.00. The first-order chi connectivity index (χ1) is 19.9. The number of ether oxygens (including phenoxy) is 2. The second-order valence-electron chi connectivity index (χ2n) is 10.2. The predicted octanol–water partition coefficient (Wildman–Crippen LogP) is 6.60. The molecule has 0 aliphatic heterocycles. The van der Waals surface area contributed by atoms with E-state index in [1.165, 1.54) is 17.8 Å². The Kier molecular flexibility index (Phi) is 7.81. The van der Waals surface area contributed by atoms with Gasteiger partial charge in [0.1, 0.15) is 11.0 Å². The molecule has 1 aromatic heterocycles. The molecule has 1 fully saturated rings. The minimum Gasteiger partial charge on any atom is -0.611 e. The van der Waals surface area contributed by atoms with E-state index in [-0.39, 0.29) is 22.8 Å². The van der Waals surface area contributed by atoms with Gasteiger partial charge in [-0.25, -0.2) is 9.78 Å². The molecule has 3 atom stereocenters. The van der Waals surface area contributed by atoms with Crippen LogP contribution in [0.5, 0.6) is 10.8 Å². The topological polar surface area (TPSA) is 121 Å². The molecule has 2 aliphatic rings. The molecule has 1 amide bonds. The number of carboxylic acids is 1. The number of nitrogens with zero attached hydrogens (tertiary/aromatic N) is 1. The average molecular weight is 589 g/mol. The van der Waals surface area contributed by atoms with Gasteiger partial charge in [-0.3, -0.25) is 10.1 Å². The molecule has 3 unspecified atom stereocenters. The van der Waals surface area contributed by atoms with Gasteiger partial charge in [-0.1, -0.05) is 47.7 Å². The Bertz CT molecular complexity index is 1580. The zero-order chi connectivity index (χ0) is 28.5. The summed E-state index contributed by atoms with van der Waals surface area (Å²) in [6.45, 7) is 1.70. The van der Waals surface area contributed by atoms with Crippen LogP contribution in [0.2, 0.25) is 0 Å². The molecule has 6 rings (SSSR count). The van der Waals surface area contributed by atoms with E-state index >= 15 is 0 Å². The van der Waals surface area contributed by atoms with Gasteiger partial charge in [0.25, 0.3) is 5.91 Å². The molecule has 41 heavy (non-hydrogen) atoms. The fourth-order valence-corrected chi connectivity index (χ4v) is 7.00. The summed E-state index contributed by atoms with van der Waals surface area (Å²) in [5.74, 6) is -0.896. The van der Waals surface area contributed by atoms with Crippen molar-refractivity contribution in [2.75, 3.05) is 5.32 Å². The van der Waals surface area contributed by atoms with Crippen molar-refractivity contribution >= 4 is 39.5 Å². The second kappa shape index (κ2) is 11.7. The van der Waals surface area contributed by atoms with Gasteiger partial charge in [0, 0.05) is 12.8 Å². The molecule has 0 bridgehead atoms. The van der Waals surface area contributed by atoms with Gasteiger partial charge in [0.2, 0.25) is 5.06 Å². The first-order valence-corrected chi connectivity index (χ1v) is 15.4. The summed E-state index contributed by atoms with van der Waals surface area (Å²) in [6, 6.07) is 20.1. The molecule has 210 valence electrons. The highest BCUT2D eigenvalue weighted by molar-refractivity contribution is 7.92. The van der Waals surface area contributed by atoms with Gasteiger partial charge < -0.3 is 19.1 Å². The highest BCUT2D eigenvalue weighted by Crippen LogP contribution is 2.39. The molecule has 3 aromatic carbocycles. The smallest absolute Gasteiger partial charge is 0.335 e. The summed E-state index contributed by atoms with van der Waals surface area (Å²) >= 11 is 0.122. The summed E-state index contributed by atoms with van der Waals surface area (Å²) in [5.41, 5.74) is 3.77. The number of carboxylic acid groups (broad SMARTS) is 1. The highest BCUT2D eigenvalue weighted by atomic mass is 32.2. The van der Waals surface area contributed by atoms with Crippen LogP contribution < -0.4 is 10.1 Å². The standard InChI is InChI=1S/C31H28N2O6S2/c1-18-16-21(9-14-24(18)30(35)36)38-27-17-32-31(40-27)33-29(34)28(39-26-15-8-19-4-2-3-5-25(19)26)20-6-10-22(11-7-20)41(37)23-12-13-23/h2-7,9-11,14,16-17,23,26,28H,8,12-13,15H2,1H3,(H,35,36)(H,32,33,34). The number of aromatic nitrogens is 1. The van der Waals surface area contributed by atoms with E-state index in [1.54, 1.807) is 19.1 Å². The zero-order valence-corrected chi connectivity index (χ0v) is 23.9. The molecule has 2 aliphatic carbocycles. The molecule has 8 nitrogen and oxygen atoms in total. The van der Waals surface area contributed by atoms with E-state index in [2.05, 4.69) is 16.4 Å². The molecule has 0 spiro atoms. The lowest BCUT2D eigenvalue weighted by molar-refractivity contribution is -0.132. The Morgan fingerprint density at radius 2 is 1.88 bits per heavy atom. The molecule has 0 radical (unpaired) electrons. The van der Waals surface area contributed by atoms with E-state index in [1.807, 2.05) is 42.5 Å². The third-order valence-electron chi connectivity index (χ3n) is 7.22. The first-order valence-electron chi connectivity index (χ1n) is 13.4. The number of carbonyl (C=O) groups excluding carboxylic acids is 1. The average Bonchev–Trinajstić information content (AvgIpc) is 3.61. The third kappa shape index (κ3) is 6.15. The SMILES string of the molecule is Cc1cc(Oc2cnc(NC(=O)C(OC3CCc4ccccc43)c3ccc([S+]([O-])C4CC4)cc3)s2)ccc1C(=O)O. The van der Waals surface area contributed by atoms with Crippen molar-refractivity contribution < 1.29 is 28.7 Å². The summed E-state index contributed by atoms with van der Waals surface area (Å²) in [7, 11) is 0. The van der Waals surface area contributed by atoms with Crippen molar-refractivity contribution in [1.29, 1.82) is 0 Å². The second-order valence-corrected chi connectivity index (χ2v) is 12.9. The minimum absolute atomic E-state index is 0.206. The number of hydrogen-bond donors (Lipinski definition) is 2. The van der Waals surface area contributed by atoms with Crippen molar-refractivity contribution in [3.05, 3.63) is 101 Å². The first kappa shape index (κ1) is 27.5. The molecular formula is C31H28N2O6S2. The number of hydrogen-bond acceptors (Lipinski definition) is 7. The van der Waals surface area contributed by atoms with Crippen LogP contribution in [0.25, 0.3) is 0 Å². The Hall–Kier alpha value is -3.70. The monoisotopic (exact) mass is 588 g/mol. The van der Waals surface area contributed by atoms with Crippen LogP contribution in [-0.4, -0.2) is 31.8 Å². The van der Waals surface area contributed by atoms with Gasteiger partial charge in [0.05, 0.1) is 17.9 Å². The van der Waals surface area contributed by atoms with E-state index in [4.69, 9.17) is 9.47 Å². The Morgan fingerprint density at radius 1 is 1.10 bits per heavy atom. The van der Waals surface area contributed by atoms with Crippen LogP contribution in [0.4, 0.5) is 5.13 Å². The quantitative estimate of drug-likeness (QED) is 0.200. The van der Waals surface area contributed by atoms with Gasteiger partial charge >= 0.3 is 5.97 Å². The van der Waals surface area contributed by atoms with Crippen LogP contribution in [0.1, 0.15) is 64.1 Å². The van der Waals surface area contributed by atoms with E-state index < -0.39 is 23.2 Å². The number of aromatic carboxylic acids is 1. The molecule has 0 saturated heterocycles. The van der Waals surface area contributed by atoms with Crippen molar-refractivity contribution in [3.8, 4) is 10.8 Å². The van der Waals surface area contributed by atoms with E-state index in [0.29, 0.717) is 27.1 Å². The lowest BCUT2D eigenvalue weighted by Gasteiger charge is -2.22. The molecular weight excluding hydrogens is 560 g/mol. The normalized spacial score (nSPS) is 17.5. The maximum Gasteiger partial charge on any atom is 0.335 e. The number of nitrogens with one attached hydrogen (secondary N) is 1. The number of thiazole rings is 1. The molecule has 4 aromatic rings. The third-order valence-corrected chi connectivity index (χ3v) is 9.82. The number of benzene rings is 3. The maximum atomic E-state index is 13.6. The van der Waals surface area contributed by atoms with Crippen LogP contribution >= 0.6 is 11.3 Å². The van der Waals surface area contributed by atoms with Crippen molar-refractivity contribution in [3.63, 3.8) is 0 Å². The number of carbonyl (C=O) groups is 2. The van der Waals surface area contributed by atoms with Gasteiger partial charge in [-0.15, -0.1) is 0 Å². The van der Waals surface area contributed by atoms with E-state index in [0.717, 1.165) is 47.5 Å². The molecule has 2 N–H and O–H groups in total. The number of anilines is 1. The largest absolute Gasteiger partial charge is 0.611 e. The van der Waals surface area contributed by atoms with Gasteiger partial charge in [-0.2, -0.15) is 0 Å². The Labute approximate surface area is 244 Å². The van der Waals surface area contributed by atoms with Crippen LogP contribution in [0.15, 0.2) is 77.8 Å². The summed E-state index contributed by atoms with van der Waals surface area (Å²) < 4.78 is 25.0. The summed E-state index contributed by atoms with van der Waals surface area (Å²) in [5, 5.41) is 13.1. The van der Waals surface area contributed by atoms with Crippen molar-refractivity contribution in [2.24, 2.45) is 0 Å².